The molecule has 1 aliphatic rings. The molecule has 0 spiro atoms. The van der Waals surface area contributed by atoms with Crippen LogP contribution in [-0.4, -0.2) is 17.7 Å². The van der Waals surface area contributed by atoms with Crippen molar-refractivity contribution in [1.29, 1.82) is 0 Å². The highest BCUT2D eigenvalue weighted by Crippen LogP contribution is 2.27. The van der Waals surface area contributed by atoms with Crippen LogP contribution in [0.5, 0.6) is 0 Å². The third-order valence-electron chi connectivity index (χ3n) is 4.20. The molecule has 1 heterocycles. The van der Waals surface area contributed by atoms with Crippen molar-refractivity contribution in [2.45, 2.75) is 26.8 Å². The molecule has 0 fully saturated rings. The maximum Gasteiger partial charge on any atom is 0.258 e. The molecule has 0 aromatic heterocycles. The Labute approximate surface area is 147 Å². The van der Waals surface area contributed by atoms with Gasteiger partial charge in [0.15, 0.2) is 0 Å². The first-order valence-corrected chi connectivity index (χ1v) is 8.31. The highest BCUT2D eigenvalue weighted by molar-refractivity contribution is 6.30. The molecular formula is C19H20ClN3O. The third-order valence-corrected chi connectivity index (χ3v) is 4.45. The lowest BCUT2D eigenvalue weighted by molar-refractivity contribution is -0.120. The zero-order chi connectivity index (χ0) is 17.3. The van der Waals surface area contributed by atoms with Crippen LogP contribution >= 0.6 is 11.6 Å². The van der Waals surface area contributed by atoms with Crippen molar-refractivity contribution >= 4 is 34.6 Å². The molecule has 1 N–H and O–H groups in total. The van der Waals surface area contributed by atoms with Crippen molar-refractivity contribution in [3.05, 3.63) is 59.1 Å². The number of hydrogen-bond donors (Lipinski definition) is 1. The molecule has 2 aromatic rings. The van der Waals surface area contributed by atoms with Gasteiger partial charge < -0.3 is 5.32 Å². The molecule has 0 bridgehead atoms. The molecule has 1 aliphatic heterocycles. The normalized spacial score (nSPS) is 18.5. The first-order chi connectivity index (χ1) is 11.5. The number of hydrazone groups is 1. The van der Waals surface area contributed by atoms with Gasteiger partial charge in [-0.2, -0.15) is 5.10 Å². The van der Waals surface area contributed by atoms with E-state index in [1.54, 1.807) is 0 Å². The monoisotopic (exact) mass is 341 g/mol. The van der Waals surface area contributed by atoms with E-state index in [-0.39, 0.29) is 17.9 Å². The summed E-state index contributed by atoms with van der Waals surface area (Å²) in [4.78, 5) is 12.8. The van der Waals surface area contributed by atoms with Crippen molar-refractivity contribution in [1.82, 2.24) is 0 Å². The van der Waals surface area contributed by atoms with Gasteiger partial charge in [0.1, 0.15) is 0 Å². The van der Waals surface area contributed by atoms with Crippen molar-refractivity contribution < 1.29 is 4.79 Å². The second kappa shape index (κ2) is 6.65. The number of aryl methyl sites for hydroxylation is 1. The van der Waals surface area contributed by atoms with E-state index < -0.39 is 0 Å². The summed E-state index contributed by atoms with van der Waals surface area (Å²) in [5, 5.41) is 10.0. The van der Waals surface area contributed by atoms with Gasteiger partial charge in [0.25, 0.3) is 5.91 Å². The van der Waals surface area contributed by atoms with Gasteiger partial charge in [-0.15, -0.1) is 0 Å². The molecule has 5 heteroatoms. The summed E-state index contributed by atoms with van der Waals surface area (Å²) in [6, 6.07) is 15.2. The second-order valence-corrected chi connectivity index (χ2v) is 6.58. The van der Waals surface area contributed by atoms with Crippen LogP contribution < -0.4 is 10.3 Å². The molecule has 0 saturated carbocycles. The number of carbonyl (C=O) groups is 1. The van der Waals surface area contributed by atoms with Crippen LogP contribution in [0.15, 0.2) is 53.6 Å². The van der Waals surface area contributed by atoms with Gasteiger partial charge in [-0.3, -0.25) is 4.79 Å². The molecule has 4 nitrogen and oxygen atoms in total. The number of rotatable bonds is 4. The van der Waals surface area contributed by atoms with E-state index in [4.69, 9.17) is 11.6 Å². The molecule has 0 saturated heterocycles. The fourth-order valence-electron chi connectivity index (χ4n) is 2.92. The van der Waals surface area contributed by atoms with Crippen LogP contribution in [-0.2, 0) is 4.79 Å². The molecule has 3 rings (SSSR count). The minimum Gasteiger partial charge on any atom is -0.381 e. The molecule has 24 heavy (non-hydrogen) atoms. The minimum absolute atomic E-state index is 0.00897. The number of halogens is 1. The van der Waals surface area contributed by atoms with E-state index in [0.717, 1.165) is 22.6 Å². The first-order valence-electron chi connectivity index (χ1n) is 7.93. The molecule has 124 valence electrons. The Kier molecular flexibility index (Phi) is 4.58. The van der Waals surface area contributed by atoms with Crippen LogP contribution in [0.1, 0.15) is 19.4 Å². The maximum atomic E-state index is 12.8. The Hall–Kier alpha value is -2.33. The Morgan fingerprint density at radius 2 is 1.71 bits per heavy atom. The molecule has 0 radical (unpaired) electrons. The predicted octanol–water partition coefficient (Wildman–Crippen LogP) is 4.49. The van der Waals surface area contributed by atoms with E-state index >= 15 is 0 Å². The standard InChI is InChI=1S/C19H20ClN3O/c1-12-4-10-17(11-5-12)23-19(24)18(14(3)22-23)13(2)21-16-8-6-15(20)7-9-16/h4-11,13,18,21H,1-3H3. The Morgan fingerprint density at radius 3 is 2.33 bits per heavy atom. The molecular weight excluding hydrogens is 322 g/mol. The van der Waals surface area contributed by atoms with E-state index in [1.165, 1.54) is 5.01 Å². The second-order valence-electron chi connectivity index (χ2n) is 6.14. The molecule has 2 atom stereocenters. The number of hydrogen-bond acceptors (Lipinski definition) is 3. The fraction of sp³-hybridized carbons (Fsp3) is 0.263. The largest absolute Gasteiger partial charge is 0.381 e. The number of nitrogens with one attached hydrogen (secondary N) is 1. The lowest BCUT2D eigenvalue weighted by Crippen LogP contribution is -2.38. The van der Waals surface area contributed by atoms with E-state index in [0.29, 0.717) is 5.02 Å². The maximum absolute atomic E-state index is 12.8. The molecule has 1 amide bonds. The zero-order valence-corrected chi connectivity index (χ0v) is 14.7. The predicted molar refractivity (Wildman–Crippen MR) is 99.8 cm³/mol. The molecule has 2 unspecified atom stereocenters. The van der Waals surface area contributed by atoms with E-state index in [2.05, 4.69) is 10.4 Å². The minimum atomic E-state index is -0.290. The third kappa shape index (κ3) is 3.29. The van der Waals surface area contributed by atoms with Crippen molar-refractivity contribution in [3.8, 4) is 0 Å². The van der Waals surface area contributed by atoms with Gasteiger partial charge in [-0.05, 0) is 57.2 Å². The number of anilines is 2. The lowest BCUT2D eigenvalue weighted by atomic mass is 9.96. The van der Waals surface area contributed by atoms with Crippen LogP contribution in [0.25, 0.3) is 0 Å². The summed E-state index contributed by atoms with van der Waals surface area (Å²) in [7, 11) is 0. The van der Waals surface area contributed by atoms with Gasteiger partial charge in [0, 0.05) is 16.8 Å². The summed E-state index contributed by atoms with van der Waals surface area (Å²) in [6.45, 7) is 5.91. The summed E-state index contributed by atoms with van der Waals surface area (Å²) >= 11 is 5.91. The van der Waals surface area contributed by atoms with E-state index in [1.807, 2.05) is 69.3 Å². The quantitative estimate of drug-likeness (QED) is 0.890. The topological polar surface area (TPSA) is 44.7 Å². The summed E-state index contributed by atoms with van der Waals surface area (Å²) in [6.07, 6.45) is 0. The first kappa shape index (κ1) is 16.5. The van der Waals surface area contributed by atoms with Crippen molar-refractivity contribution in [3.63, 3.8) is 0 Å². The van der Waals surface area contributed by atoms with Crippen molar-refractivity contribution in [2.75, 3.05) is 10.3 Å². The Bertz CT molecular complexity index is 768. The number of benzene rings is 2. The average molecular weight is 342 g/mol. The summed E-state index contributed by atoms with van der Waals surface area (Å²) in [5.41, 5.74) is 3.70. The lowest BCUT2D eigenvalue weighted by Gasteiger charge is -2.22. The fourth-order valence-corrected chi connectivity index (χ4v) is 3.04. The Balaban J connectivity index is 1.77. The Morgan fingerprint density at radius 1 is 1.08 bits per heavy atom. The average Bonchev–Trinajstić information content (AvgIpc) is 2.85. The van der Waals surface area contributed by atoms with Crippen molar-refractivity contribution in [2.24, 2.45) is 11.0 Å². The van der Waals surface area contributed by atoms with Gasteiger partial charge in [-0.25, -0.2) is 5.01 Å². The van der Waals surface area contributed by atoms with Crippen LogP contribution in [0, 0.1) is 12.8 Å². The summed E-state index contributed by atoms with van der Waals surface area (Å²) < 4.78 is 0. The van der Waals surface area contributed by atoms with Gasteiger partial charge in [0.2, 0.25) is 0 Å². The van der Waals surface area contributed by atoms with Crippen LogP contribution in [0.4, 0.5) is 11.4 Å². The number of amides is 1. The highest BCUT2D eigenvalue weighted by Gasteiger charge is 2.38. The number of nitrogens with zero attached hydrogens (tertiary/aromatic N) is 2. The highest BCUT2D eigenvalue weighted by atomic mass is 35.5. The van der Waals surface area contributed by atoms with Gasteiger partial charge >= 0.3 is 0 Å². The van der Waals surface area contributed by atoms with Crippen LogP contribution in [0.3, 0.4) is 0 Å². The van der Waals surface area contributed by atoms with Gasteiger partial charge in [-0.1, -0.05) is 29.3 Å². The van der Waals surface area contributed by atoms with Gasteiger partial charge in [0.05, 0.1) is 17.3 Å². The molecule has 0 aliphatic carbocycles. The van der Waals surface area contributed by atoms with E-state index in [9.17, 15) is 4.79 Å². The zero-order valence-electron chi connectivity index (χ0n) is 14.0. The summed E-state index contributed by atoms with van der Waals surface area (Å²) in [5.74, 6) is -0.299. The number of carbonyl (C=O) groups excluding carboxylic acids is 1. The van der Waals surface area contributed by atoms with Crippen LogP contribution in [0.2, 0.25) is 5.02 Å². The smallest absolute Gasteiger partial charge is 0.258 e. The molecule has 2 aromatic carbocycles. The SMILES string of the molecule is CC1=NN(c2ccc(C)cc2)C(=O)C1C(C)Nc1ccc(Cl)cc1.